The number of nitrogens with zero attached hydrogens (tertiary/aromatic N) is 1. The highest BCUT2D eigenvalue weighted by molar-refractivity contribution is 8.01. The Labute approximate surface area is 150 Å². The molecule has 1 aromatic rings. The topological polar surface area (TPSA) is 63.7 Å². The molecule has 0 radical (unpaired) electrons. The van der Waals surface area contributed by atoms with Crippen LogP contribution in [0.5, 0.6) is 0 Å². The van der Waals surface area contributed by atoms with Gasteiger partial charge < -0.3 is 9.64 Å². The van der Waals surface area contributed by atoms with E-state index in [4.69, 9.17) is 4.74 Å². The van der Waals surface area contributed by atoms with E-state index in [0.29, 0.717) is 4.90 Å². The summed E-state index contributed by atoms with van der Waals surface area (Å²) in [5.41, 5.74) is -0.681. The van der Waals surface area contributed by atoms with Crippen LogP contribution in [0.1, 0.15) is 27.2 Å². The van der Waals surface area contributed by atoms with Crippen molar-refractivity contribution in [2.45, 2.75) is 48.2 Å². The van der Waals surface area contributed by atoms with Gasteiger partial charge in [0.1, 0.15) is 16.7 Å². The molecule has 140 valence electrons. The molecule has 0 saturated carbocycles. The van der Waals surface area contributed by atoms with Crippen molar-refractivity contribution in [1.29, 1.82) is 0 Å². The summed E-state index contributed by atoms with van der Waals surface area (Å²) in [7, 11) is -4.76. The third kappa shape index (κ3) is 5.85. The van der Waals surface area contributed by atoms with Crippen LogP contribution in [0, 0.1) is 5.82 Å². The highest BCUT2D eigenvalue weighted by atomic mass is 32.3. The Morgan fingerprint density at radius 3 is 2.40 bits per heavy atom. The minimum atomic E-state index is -4.76. The second-order valence-corrected chi connectivity index (χ2v) is 9.71. The van der Waals surface area contributed by atoms with Crippen LogP contribution in [0.4, 0.5) is 13.1 Å². The number of amides is 1. The van der Waals surface area contributed by atoms with E-state index in [-0.39, 0.29) is 19.5 Å². The van der Waals surface area contributed by atoms with Crippen molar-refractivity contribution in [3.63, 3.8) is 0 Å². The molecule has 2 rings (SSSR count). The third-order valence-electron chi connectivity index (χ3n) is 3.61. The molecule has 0 bridgehead atoms. The highest BCUT2D eigenvalue weighted by Crippen LogP contribution is 2.34. The first-order valence-electron chi connectivity index (χ1n) is 7.79. The fourth-order valence-corrected chi connectivity index (χ4v) is 5.10. The zero-order chi connectivity index (χ0) is 18.8. The van der Waals surface area contributed by atoms with Crippen molar-refractivity contribution >= 4 is 28.1 Å². The van der Waals surface area contributed by atoms with E-state index in [1.807, 2.05) is 0 Å². The molecule has 0 aliphatic carbocycles. The predicted octanol–water partition coefficient (Wildman–Crippen LogP) is 3.60. The normalized spacial score (nSPS) is 21.9. The summed E-state index contributed by atoms with van der Waals surface area (Å²) in [6.07, 6.45) is -0.580. The maximum absolute atomic E-state index is 13.7. The minimum Gasteiger partial charge on any atom is -0.444 e. The van der Waals surface area contributed by atoms with E-state index in [1.165, 1.54) is 29.2 Å². The number of piperidine rings is 1. The van der Waals surface area contributed by atoms with Gasteiger partial charge in [-0.05, 0) is 51.5 Å². The molecule has 1 amide bonds. The first-order valence-corrected chi connectivity index (χ1v) is 10.1. The summed E-state index contributed by atoms with van der Waals surface area (Å²) in [4.78, 5) is 14.2. The van der Waals surface area contributed by atoms with Gasteiger partial charge in [-0.3, -0.25) is 0 Å². The van der Waals surface area contributed by atoms with Gasteiger partial charge in [0.2, 0.25) is 0 Å². The molecule has 25 heavy (non-hydrogen) atoms. The lowest BCUT2D eigenvalue weighted by Crippen LogP contribution is -2.50. The van der Waals surface area contributed by atoms with E-state index in [9.17, 15) is 21.5 Å². The standard InChI is InChI=1S/C16H21F2NO4S2/c1-16(2,3)23-15(20)19-9-8-14(25(18,21)22)13(10-19)24-12-6-4-11(17)5-7-12/h4-7,13-14H,8-10H2,1-3H3. The number of likely N-dealkylation sites (tertiary alicyclic amines) is 1. The van der Waals surface area contributed by atoms with Gasteiger partial charge in [-0.15, -0.1) is 15.6 Å². The van der Waals surface area contributed by atoms with Gasteiger partial charge in [0, 0.05) is 23.2 Å². The van der Waals surface area contributed by atoms with Crippen molar-refractivity contribution in [2.24, 2.45) is 0 Å². The minimum absolute atomic E-state index is 0.0169. The predicted molar refractivity (Wildman–Crippen MR) is 92.3 cm³/mol. The number of hydrogen-bond donors (Lipinski definition) is 0. The van der Waals surface area contributed by atoms with Crippen LogP contribution in [0.25, 0.3) is 0 Å². The van der Waals surface area contributed by atoms with E-state index in [0.717, 1.165) is 11.8 Å². The van der Waals surface area contributed by atoms with Gasteiger partial charge in [0.15, 0.2) is 0 Å². The van der Waals surface area contributed by atoms with E-state index in [2.05, 4.69) is 0 Å². The lowest BCUT2D eigenvalue weighted by molar-refractivity contribution is 0.0221. The zero-order valence-corrected chi connectivity index (χ0v) is 15.9. The number of ether oxygens (including phenoxy) is 1. The number of benzene rings is 1. The molecule has 1 aliphatic heterocycles. The first kappa shape index (κ1) is 20.0. The molecule has 1 aliphatic rings. The number of hydrogen-bond acceptors (Lipinski definition) is 5. The Morgan fingerprint density at radius 2 is 1.88 bits per heavy atom. The largest absolute Gasteiger partial charge is 0.444 e. The Balaban J connectivity index is 2.17. The van der Waals surface area contributed by atoms with Gasteiger partial charge >= 0.3 is 16.3 Å². The van der Waals surface area contributed by atoms with Crippen LogP contribution < -0.4 is 0 Å². The van der Waals surface area contributed by atoms with Crippen molar-refractivity contribution in [2.75, 3.05) is 13.1 Å². The van der Waals surface area contributed by atoms with Gasteiger partial charge in [0.25, 0.3) is 0 Å². The second-order valence-electron chi connectivity index (χ2n) is 6.84. The van der Waals surface area contributed by atoms with Gasteiger partial charge in [-0.1, -0.05) is 0 Å². The van der Waals surface area contributed by atoms with Crippen LogP contribution >= 0.6 is 11.8 Å². The monoisotopic (exact) mass is 393 g/mol. The third-order valence-corrected chi connectivity index (χ3v) is 6.40. The molecule has 0 aromatic heterocycles. The van der Waals surface area contributed by atoms with Gasteiger partial charge in [0.05, 0.1) is 0 Å². The second kappa shape index (κ2) is 7.49. The van der Waals surface area contributed by atoms with Crippen molar-refractivity contribution in [1.82, 2.24) is 4.90 Å². The molecule has 1 aromatic carbocycles. The molecule has 2 atom stereocenters. The van der Waals surface area contributed by atoms with Crippen LogP contribution in [-0.2, 0) is 15.0 Å². The lowest BCUT2D eigenvalue weighted by Gasteiger charge is -2.37. The number of thioether (sulfide) groups is 1. The molecule has 9 heteroatoms. The Kier molecular flexibility index (Phi) is 5.98. The molecule has 1 saturated heterocycles. The number of rotatable bonds is 3. The highest BCUT2D eigenvalue weighted by Gasteiger charge is 2.41. The Hall–Kier alpha value is -1.35. The number of halogens is 2. The molecule has 5 nitrogen and oxygen atoms in total. The summed E-state index contributed by atoms with van der Waals surface area (Å²) in [5, 5.41) is -1.93. The zero-order valence-electron chi connectivity index (χ0n) is 14.2. The molecular formula is C16H21F2NO4S2. The molecule has 1 heterocycles. The molecule has 0 spiro atoms. The quantitative estimate of drug-likeness (QED) is 0.735. The van der Waals surface area contributed by atoms with E-state index < -0.39 is 38.2 Å². The SMILES string of the molecule is CC(C)(C)OC(=O)N1CCC(S(=O)(=O)F)C(Sc2ccc(F)cc2)C1. The summed E-state index contributed by atoms with van der Waals surface area (Å²) in [6, 6.07) is 5.48. The Morgan fingerprint density at radius 1 is 1.28 bits per heavy atom. The van der Waals surface area contributed by atoms with Gasteiger partial charge in [-0.25, -0.2) is 9.18 Å². The lowest BCUT2D eigenvalue weighted by atomic mass is 10.1. The smallest absolute Gasteiger partial charge is 0.410 e. The van der Waals surface area contributed by atoms with Crippen molar-refractivity contribution in [3.05, 3.63) is 30.1 Å². The Bertz CT molecular complexity index is 717. The van der Waals surface area contributed by atoms with Crippen LogP contribution in [0.15, 0.2) is 29.2 Å². The maximum Gasteiger partial charge on any atom is 0.410 e. The summed E-state index contributed by atoms with van der Waals surface area (Å²) >= 11 is 1.11. The fourth-order valence-electron chi connectivity index (χ4n) is 2.51. The fraction of sp³-hybridized carbons (Fsp3) is 0.562. The van der Waals surface area contributed by atoms with Gasteiger partial charge in [-0.2, -0.15) is 8.42 Å². The van der Waals surface area contributed by atoms with E-state index in [1.54, 1.807) is 20.8 Å². The number of carbonyl (C=O) groups excluding carboxylic acids is 1. The average molecular weight is 393 g/mol. The summed E-state index contributed by atoms with van der Waals surface area (Å²) < 4.78 is 54.9. The molecular weight excluding hydrogens is 372 g/mol. The van der Waals surface area contributed by atoms with Crippen molar-refractivity contribution < 1.29 is 26.2 Å². The van der Waals surface area contributed by atoms with Crippen molar-refractivity contribution in [3.8, 4) is 0 Å². The molecule has 0 N–H and O–H groups in total. The maximum atomic E-state index is 13.7. The van der Waals surface area contributed by atoms with Crippen LogP contribution in [0.3, 0.4) is 0 Å². The average Bonchev–Trinajstić information content (AvgIpc) is 2.46. The number of carbonyl (C=O) groups is 1. The molecule has 1 fully saturated rings. The van der Waals surface area contributed by atoms with Crippen LogP contribution in [0.2, 0.25) is 0 Å². The first-order chi connectivity index (χ1) is 11.5. The summed E-state index contributed by atoms with van der Waals surface area (Å²) in [6.45, 7) is 5.32. The summed E-state index contributed by atoms with van der Waals surface area (Å²) in [5.74, 6) is -0.418. The van der Waals surface area contributed by atoms with E-state index >= 15 is 0 Å². The van der Waals surface area contributed by atoms with Crippen LogP contribution in [-0.4, -0.2) is 48.6 Å². The molecule has 2 unspecified atom stereocenters.